The van der Waals surface area contributed by atoms with E-state index in [1.54, 1.807) is 14.2 Å². The first-order valence-corrected chi connectivity index (χ1v) is 7.02. The lowest BCUT2D eigenvalue weighted by molar-refractivity contribution is 0.377. The highest BCUT2D eigenvalue weighted by molar-refractivity contribution is 5.79. The molecule has 0 heterocycles. The fraction of sp³-hybridized carbons (Fsp3) is 0.562. The lowest BCUT2D eigenvalue weighted by atomic mass is 9.92. The highest BCUT2D eigenvalue weighted by Crippen LogP contribution is 2.17. The monoisotopic (exact) mass is 277 g/mol. The molecule has 0 aromatic heterocycles. The Balaban J connectivity index is 2.46. The van der Waals surface area contributed by atoms with E-state index >= 15 is 0 Å². The van der Waals surface area contributed by atoms with Crippen molar-refractivity contribution in [2.24, 2.45) is 10.4 Å². The zero-order chi connectivity index (χ0) is 15.0. The second-order valence-electron chi connectivity index (χ2n) is 5.98. The maximum Gasteiger partial charge on any atom is 0.191 e. The number of nitrogens with zero attached hydrogens (tertiary/aromatic N) is 1. The van der Waals surface area contributed by atoms with E-state index in [1.807, 2.05) is 24.3 Å². The summed E-state index contributed by atoms with van der Waals surface area (Å²) >= 11 is 0. The van der Waals surface area contributed by atoms with Gasteiger partial charge in [0.05, 0.1) is 7.11 Å². The smallest absolute Gasteiger partial charge is 0.191 e. The van der Waals surface area contributed by atoms with Crippen LogP contribution in [0.4, 0.5) is 0 Å². The minimum absolute atomic E-state index is 0.328. The predicted octanol–water partition coefficient (Wildman–Crippen LogP) is 2.80. The SMILES string of the molecule is CN=C(NCCC(C)(C)C)NCc1ccccc1OC. The molecule has 0 aliphatic heterocycles. The van der Waals surface area contributed by atoms with Crippen LogP contribution in [0.15, 0.2) is 29.3 Å². The number of guanidine groups is 1. The van der Waals surface area contributed by atoms with Crippen LogP contribution in [0.2, 0.25) is 0 Å². The van der Waals surface area contributed by atoms with Crippen LogP contribution >= 0.6 is 0 Å². The number of benzene rings is 1. The summed E-state index contributed by atoms with van der Waals surface area (Å²) in [6.45, 7) is 8.31. The minimum Gasteiger partial charge on any atom is -0.496 e. The van der Waals surface area contributed by atoms with Crippen LogP contribution in [0.25, 0.3) is 0 Å². The molecule has 0 bridgehead atoms. The van der Waals surface area contributed by atoms with Crippen molar-refractivity contribution >= 4 is 5.96 Å². The van der Waals surface area contributed by atoms with Gasteiger partial charge in [-0.25, -0.2) is 0 Å². The maximum absolute atomic E-state index is 5.34. The van der Waals surface area contributed by atoms with E-state index in [-0.39, 0.29) is 0 Å². The normalized spacial score (nSPS) is 12.2. The molecule has 4 heteroatoms. The van der Waals surface area contributed by atoms with Crippen molar-refractivity contribution in [1.29, 1.82) is 0 Å². The Morgan fingerprint density at radius 3 is 2.50 bits per heavy atom. The van der Waals surface area contributed by atoms with Gasteiger partial charge in [0.1, 0.15) is 5.75 Å². The van der Waals surface area contributed by atoms with E-state index in [4.69, 9.17) is 4.74 Å². The van der Waals surface area contributed by atoms with Gasteiger partial charge in [-0.15, -0.1) is 0 Å². The summed E-state index contributed by atoms with van der Waals surface area (Å²) in [5, 5.41) is 6.64. The van der Waals surface area contributed by atoms with Crippen LogP contribution in [-0.4, -0.2) is 26.7 Å². The molecule has 0 spiro atoms. The Bertz CT molecular complexity index is 436. The van der Waals surface area contributed by atoms with Crippen molar-refractivity contribution in [2.45, 2.75) is 33.7 Å². The van der Waals surface area contributed by atoms with E-state index in [1.165, 1.54) is 0 Å². The van der Waals surface area contributed by atoms with Crippen molar-refractivity contribution in [3.8, 4) is 5.75 Å². The van der Waals surface area contributed by atoms with Crippen LogP contribution in [0.3, 0.4) is 0 Å². The Hall–Kier alpha value is -1.71. The Morgan fingerprint density at radius 1 is 1.20 bits per heavy atom. The van der Waals surface area contributed by atoms with E-state index in [2.05, 4.69) is 36.4 Å². The van der Waals surface area contributed by atoms with Gasteiger partial charge in [0.25, 0.3) is 0 Å². The Kier molecular flexibility index (Phi) is 6.36. The topological polar surface area (TPSA) is 45.7 Å². The molecule has 0 saturated heterocycles. The van der Waals surface area contributed by atoms with Crippen molar-refractivity contribution in [2.75, 3.05) is 20.7 Å². The summed E-state index contributed by atoms with van der Waals surface area (Å²) in [5.41, 5.74) is 1.45. The van der Waals surface area contributed by atoms with Gasteiger partial charge in [-0.2, -0.15) is 0 Å². The first kappa shape index (κ1) is 16.3. The fourth-order valence-corrected chi connectivity index (χ4v) is 1.80. The number of ether oxygens (including phenoxy) is 1. The van der Waals surface area contributed by atoms with Gasteiger partial charge in [0, 0.05) is 25.7 Å². The highest BCUT2D eigenvalue weighted by Gasteiger charge is 2.10. The second-order valence-corrected chi connectivity index (χ2v) is 5.98. The standard InChI is InChI=1S/C16H27N3O/c1-16(2,3)10-11-18-15(17-4)19-12-13-8-6-7-9-14(13)20-5/h6-9H,10-12H2,1-5H3,(H2,17,18,19). The quantitative estimate of drug-likeness (QED) is 0.642. The number of nitrogens with one attached hydrogen (secondary N) is 2. The van der Waals surface area contributed by atoms with E-state index in [9.17, 15) is 0 Å². The van der Waals surface area contributed by atoms with Gasteiger partial charge in [0.2, 0.25) is 0 Å². The lowest BCUT2D eigenvalue weighted by Gasteiger charge is -2.19. The molecule has 4 nitrogen and oxygen atoms in total. The number of para-hydroxylation sites is 1. The number of aliphatic imine (C=N–C) groups is 1. The molecule has 1 aromatic rings. The first-order valence-electron chi connectivity index (χ1n) is 7.02. The van der Waals surface area contributed by atoms with Crippen LogP contribution in [-0.2, 0) is 6.54 Å². The predicted molar refractivity (Wildman–Crippen MR) is 85.3 cm³/mol. The van der Waals surface area contributed by atoms with Gasteiger partial charge >= 0.3 is 0 Å². The Morgan fingerprint density at radius 2 is 1.90 bits per heavy atom. The van der Waals surface area contributed by atoms with Crippen molar-refractivity contribution in [1.82, 2.24) is 10.6 Å². The number of rotatable bonds is 5. The molecule has 0 radical (unpaired) electrons. The molecule has 0 unspecified atom stereocenters. The molecule has 0 amide bonds. The van der Waals surface area contributed by atoms with Crippen molar-refractivity contribution in [3.63, 3.8) is 0 Å². The molecule has 0 saturated carbocycles. The molecule has 0 aliphatic rings. The van der Waals surface area contributed by atoms with E-state index < -0.39 is 0 Å². The summed E-state index contributed by atoms with van der Waals surface area (Å²) in [6, 6.07) is 8.00. The Labute approximate surface area is 122 Å². The zero-order valence-electron chi connectivity index (χ0n) is 13.3. The van der Waals surface area contributed by atoms with Gasteiger partial charge < -0.3 is 15.4 Å². The largest absolute Gasteiger partial charge is 0.496 e. The molecule has 20 heavy (non-hydrogen) atoms. The van der Waals surface area contributed by atoms with Gasteiger partial charge in [-0.05, 0) is 17.9 Å². The zero-order valence-corrected chi connectivity index (χ0v) is 13.3. The average molecular weight is 277 g/mol. The van der Waals surface area contributed by atoms with Gasteiger partial charge in [-0.1, -0.05) is 39.0 Å². The van der Waals surface area contributed by atoms with Crippen LogP contribution in [0.5, 0.6) is 5.75 Å². The molecule has 1 aromatic carbocycles. The third-order valence-corrected chi connectivity index (χ3v) is 3.03. The fourth-order valence-electron chi connectivity index (χ4n) is 1.80. The van der Waals surface area contributed by atoms with Crippen LogP contribution in [0, 0.1) is 5.41 Å². The van der Waals surface area contributed by atoms with Crippen LogP contribution < -0.4 is 15.4 Å². The summed E-state index contributed by atoms with van der Waals surface area (Å²) < 4.78 is 5.34. The third kappa shape index (κ3) is 5.95. The van der Waals surface area contributed by atoms with Crippen LogP contribution in [0.1, 0.15) is 32.8 Å². The molecule has 0 atom stereocenters. The minimum atomic E-state index is 0.328. The van der Waals surface area contributed by atoms with Gasteiger partial charge in [-0.3, -0.25) is 4.99 Å². The second kappa shape index (κ2) is 7.78. The van der Waals surface area contributed by atoms with E-state index in [0.29, 0.717) is 12.0 Å². The summed E-state index contributed by atoms with van der Waals surface area (Å²) in [6.07, 6.45) is 1.10. The molecule has 0 fully saturated rings. The van der Waals surface area contributed by atoms with E-state index in [0.717, 1.165) is 30.2 Å². The number of hydrogen-bond donors (Lipinski definition) is 2. The third-order valence-electron chi connectivity index (χ3n) is 3.03. The first-order chi connectivity index (χ1) is 9.46. The average Bonchev–Trinajstić information content (AvgIpc) is 2.41. The molecular weight excluding hydrogens is 250 g/mol. The van der Waals surface area contributed by atoms with Crippen molar-refractivity contribution < 1.29 is 4.74 Å². The molecule has 0 aliphatic carbocycles. The molecule has 2 N–H and O–H groups in total. The summed E-state index contributed by atoms with van der Waals surface area (Å²) in [4.78, 5) is 4.23. The summed E-state index contributed by atoms with van der Waals surface area (Å²) in [5.74, 6) is 1.71. The number of hydrogen-bond acceptors (Lipinski definition) is 2. The molecule has 112 valence electrons. The van der Waals surface area contributed by atoms with Crippen molar-refractivity contribution in [3.05, 3.63) is 29.8 Å². The highest BCUT2D eigenvalue weighted by atomic mass is 16.5. The van der Waals surface area contributed by atoms with Gasteiger partial charge in [0.15, 0.2) is 5.96 Å². The number of methoxy groups -OCH3 is 1. The molecule has 1 rings (SSSR count). The summed E-state index contributed by atoms with van der Waals surface area (Å²) in [7, 11) is 3.48. The molecular formula is C16H27N3O. The lowest BCUT2D eigenvalue weighted by Crippen LogP contribution is -2.38. The maximum atomic E-state index is 5.34.